The van der Waals surface area contributed by atoms with Crippen LogP contribution in [0.15, 0.2) is 39.6 Å². The Balaban J connectivity index is 1.74. The van der Waals surface area contributed by atoms with E-state index in [1.807, 2.05) is 37.4 Å². The molecule has 140 valence electrons. The molecule has 2 heterocycles. The second kappa shape index (κ2) is 8.95. The molecule has 1 aliphatic heterocycles. The van der Waals surface area contributed by atoms with Gasteiger partial charge in [-0.3, -0.25) is 9.69 Å². The van der Waals surface area contributed by atoms with Gasteiger partial charge in [0.1, 0.15) is 11.5 Å². The number of nitrogens with zero attached hydrogens (tertiary/aromatic N) is 1. The molecule has 2 aromatic rings. The number of aryl methyl sites for hydroxylation is 1. The smallest absolute Gasteiger partial charge is 0.252 e. The monoisotopic (exact) mass is 394 g/mol. The van der Waals surface area contributed by atoms with Crippen LogP contribution in [0.1, 0.15) is 27.9 Å². The van der Waals surface area contributed by atoms with E-state index in [2.05, 4.69) is 10.2 Å². The van der Waals surface area contributed by atoms with Gasteiger partial charge in [0.15, 0.2) is 0 Å². The van der Waals surface area contributed by atoms with E-state index in [0.717, 1.165) is 29.5 Å². The summed E-state index contributed by atoms with van der Waals surface area (Å²) in [6.07, 6.45) is 1.97. The summed E-state index contributed by atoms with van der Waals surface area (Å²) in [6.45, 7) is 5.36. The Bertz CT molecular complexity index is 759. The fourth-order valence-electron chi connectivity index (χ4n) is 3.02. The highest BCUT2D eigenvalue weighted by Crippen LogP contribution is 2.25. The Labute approximate surface area is 163 Å². The Morgan fingerprint density at radius 3 is 2.73 bits per heavy atom. The van der Waals surface area contributed by atoms with Crippen LogP contribution in [0.5, 0.6) is 0 Å². The van der Waals surface area contributed by atoms with Crippen LogP contribution in [0, 0.1) is 6.92 Å². The summed E-state index contributed by atoms with van der Waals surface area (Å²) in [6, 6.07) is 9.39. The Kier molecular flexibility index (Phi) is 6.64. The Morgan fingerprint density at radius 2 is 2.08 bits per heavy atom. The number of hydrogen-bond acceptors (Lipinski definition) is 5. The van der Waals surface area contributed by atoms with E-state index in [0.29, 0.717) is 30.3 Å². The standard InChI is InChI=1S/C19H23ClN2O3S/c1-13-3-6-18(25-13)17(22-7-9-24-10-8-22)12-21-19(23)15-11-14(26-2)4-5-16(15)20/h3-6,11,17H,7-10,12H2,1-2H3,(H,21,23). The second-order valence-electron chi connectivity index (χ2n) is 6.17. The number of thioether (sulfide) groups is 1. The van der Waals surface area contributed by atoms with Crippen LogP contribution in [0.2, 0.25) is 5.02 Å². The van der Waals surface area contributed by atoms with Crippen molar-refractivity contribution in [3.8, 4) is 0 Å². The number of nitrogens with one attached hydrogen (secondary N) is 1. The normalized spacial score (nSPS) is 16.4. The fourth-order valence-corrected chi connectivity index (χ4v) is 3.66. The predicted octanol–water partition coefficient (Wildman–Crippen LogP) is 3.77. The molecule has 0 saturated carbocycles. The highest BCUT2D eigenvalue weighted by atomic mass is 35.5. The van der Waals surface area contributed by atoms with Crippen LogP contribution < -0.4 is 5.32 Å². The van der Waals surface area contributed by atoms with Gasteiger partial charge in [-0.25, -0.2) is 0 Å². The SMILES string of the molecule is CSc1ccc(Cl)c(C(=O)NCC(c2ccc(C)o2)N2CCOCC2)c1. The third-order valence-corrected chi connectivity index (χ3v) is 5.51. The van der Waals surface area contributed by atoms with Gasteiger partial charge in [-0.05, 0) is 43.5 Å². The first-order valence-corrected chi connectivity index (χ1v) is 10.2. The molecule has 3 rings (SSSR count). The number of amides is 1. The maximum absolute atomic E-state index is 12.7. The Hall–Kier alpha value is -1.47. The highest BCUT2D eigenvalue weighted by Gasteiger charge is 2.26. The molecule has 1 saturated heterocycles. The summed E-state index contributed by atoms with van der Waals surface area (Å²) in [5, 5.41) is 3.48. The van der Waals surface area contributed by atoms with Crippen molar-refractivity contribution in [1.82, 2.24) is 10.2 Å². The minimum absolute atomic E-state index is 0.0286. The number of hydrogen-bond donors (Lipinski definition) is 1. The van der Waals surface area contributed by atoms with Crippen LogP contribution in [0.25, 0.3) is 0 Å². The average molecular weight is 395 g/mol. The zero-order valence-corrected chi connectivity index (χ0v) is 16.5. The van der Waals surface area contributed by atoms with Crippen LogP contribution in [0.4, 0.5) is 0 Å². The molecule has 5 nitrogen and oxygen atoms in total. The number of carbonyl (C=O) groups excluding carboxylic acids is 1. The maximum Gasteiger partial charge on any atom is 0.252 e. The van der Waals surface area contributed by atoms with Crippen molar-refractivity contribution >= 4 is 29.3 Å². The van der Waals surface area contributed by atoms with E-state index >= 15 is 0 Å². The lowest BCUT2D eigenvalue weighted by molar-refractivity contribution is 0.0117. The van der Waals surface area contributed by atoms with Gasteiger partial charge in [0, 0.05) is 24.5 Å². The maximum atomic E-state index is 12.7. The molecular formula is C19H23ClN2O3S. The molecule has 26 heavy (non-hydrogen) atoms. The van der Waals surface area contributed by atoms with E-state index in [1.165, 1.54) is 0 Å². The molecule has 1 N–H and O–H groups in total. The lowest BCUT2D eigenvalue weighted by atomic mass is 10.1. The summed E-state index contributed by atoms with van der Waals surface area (Å²) in [4.78, 5) is 16.0. The first-order chi connectivity index (χ1) is 12.6. The van der Waals surface area contributed by atoms with Gasteiger partial charge in [-0.15, -0.1) is 11.8 Å². The molecule has 1 fully saturated rings. The van der Waals surface area contributed by atoms with Crippen molar-refractivity contribution in [3.05, 3.63) is 52.4 Å². The van der Waals surface area contributed by atoms with Crippen LogP contribution in [-0.2, 0) is 4.74 Å². The van der Waals surface area contributed by atoms with Gasteiger partial charge < -0.3 is 14.5 Å². The zero-order valence-electron chi connectivity index (χ0n) is 15.0. The van der Waals surface area contributed by atoms with Crippen molar-refractivity contribution in [2.75, 3.05) is 39.1 Å². The molecule has 1 atom stereocenters. The summed E-state index contributed by atoms with van der Waals surface area (Å²) in [7, 11) is 0. The van der Waals surface area contributed by atoms with E-state index in [-0.39, 0.29) is 11.9 Å². The zero-order chi connectivity index (χ0) is 18.5. The molecule has 0 spiro atoms. The van der Waals surface area contributed by atoms with Gasteiger partial charge in [-0.2, -0.15) is 0 Å². The van der Waals surface area contributed by atoms with Gasteiger partial charge in [0.25, 0.3) is 5.91 Å². The fraction of sp³-hybridized carbons (Fsp3) is 0.421. The molecule has 1 unspecified atom stereocenters. The van der Waals surface area contributed by atoms with Crippen molar-refractivity contribution < 1.29 is 13.9 Å². The van der Waals surface area contributed by atoms with E-state index in [4.69, 9.17) is 20.8 Å². The van der Waals surface area contributed by atoms with Crippen molar-refractivity contribution in [3.63, 3.8) is 0 Å². The minimum Gasteiger partial charge on any atom is -0.465 e. The molecule has 0 radical (unpaired) electrons. The Morgan fingerprint density at radius 1 is 1.31 bits per heavy atom. The van der Waals surface area contributed by atoms with E-state index in [1.54, 1.807) is 17.8 Å². The number of ether oxygens (including phenoxy) is 1. The molecular weight excluding hydrogens is 372 g/mol. The molecule has 0 aliphatic carbocycles. The summed E-state index contributed by atoms with van der Waals surface area (Å²) in [5.41, 5.74) is 0.495. The van der Waals surface area contributed by atoms with E-state index < -0.39 is 0 Å². The van der Waals surface area contributed by atoms with Crippen LogP contribution in [-0.4, -0.2) is 49.9 Å². The molecule has 1 aromatic heterocycles. The average Bonchev–Trinajstić information content (AvgIpc) is 3.09. The third-order valence-electron chi connectivity index (χ3n) is 4.45. The van der Waals surface area contributed by atoms with Gasteiger partial charge in [0.2, 0.25) is 0 Å². The van der Waals surface area contributed by atoms with Crippen LogP contribution in [0.3, 0.4) is 0 Å². The van der Waals surface area contributed by atoms with E-state index in [9.17, 15) is 4.79 Å². The molecule has 1 amide bonds. The summed E-state index contributed by atoms with van der Waals surface area (Å²) < 4.78 is 11.3. The van der Waals surface area contributed by atoms with Crippen molar-refractivity contribution in [1.29, 1.82) is 0 Å². The largest absolute Gasteiger partial charge is 0.465 e. The first kappa shape index (κ1) is 19.3. The number of morpholine rings is 1. The second-order valence-corrected chi connectivity index (χ2v) is 7.46. The highest BCUT2D eigenvalue weighted by molar-refractivity contribution is 7.98. The number of benzene rings is 1. The first-order valence-electron chi connectivity index (χ1n) is 8.58. The van der Waals surface area contributed by atoms with Gasteiger partial charge in [-0.1, -0.05) is 11.6 Å². The molecule has 1 aromatic carbocycles. The quantitative estimate of drug-likeness (QED) is 0.756. The lowest BCUT2D eigenvalue weighted by Crippen LogP contribution is -2.43. The van der Waals surface area contributed by atoms with Gasteiger partial charge in [0.05, 0.1) is 29.8 Å². The summed E-state index contributed by atoms with van der Waals surface area (Å²) in [5.74, 6) is 1.54. The number of carbonyl (C=O) groups is 1. The van der Waals surface area contributed by atoms with Gasteiger partial charge >= 0.3 is 0 Å². The number of rotatable bonds is 6. The number of halogens is 1. The lowest BCUT2D eigenvalue weighted by Gasteiger charge is -2.33. The van der Waals surface area contributed by atoms with Crippen LogP contribution >= 0.6 is 23.4 Å². The van der Waals surface area contributed by atoms with Crippen molar-refractivity contribution in [2.45, 2.75) is 17.9 Å². The molecule has 1 aliphatic rings. The third kappa shape index (κ3) is 4.62. The summed E-state index contributed by atoms with van der Waals surface area (Å²) >= 11 is 7.80. The molecule has 0 bridgehead atoms. The van der Waals surface area contributed by atoms with Crippen molar-refractivity contribution in [2.24, 2.45) is 0 Å². The molecule has 7 heteroatoms. The topological polar surface area (TPSA) is 54.7 Å². The minimum atomic E-state index is -0.174. The number of furan rings is 1. The predicted molar refractivity (Wildman–Crippen MR) is 104 cm³/mol.